The van der Waals surface area contributed by atoms with Crippen LogP contribution in [0.5, 0.6) is 0 Å². The highest BCUT2D eigenvalue weighted by atomic mass is 16.1. The zero-order valence-corrected chi connectivity index (χ0v) is 17.3. The van der Waals surface area contributed by atoms with Crippen molar-refractivity contribution in [3.05, 3.63) is 65.4 Å². The molecule has 1 aliphatic heterocycles. The zero-order chi connectivity index (χ0) is 20.5. The van der Waals surface area contributed by atoms with E-state index in [1.54, 1.807) is 6.92 Å². The van der Waals surface area contributed by atoms with Gasteiger partial charge in [-0.1, -0.05) is 18.2 Å². The van der Waals surface area contributed by atoms with Crippen LogP contribution in [0, 0.1) is 6.92 Å². The predicted octanol–water partition coefficient (Wildman–Crippen LogP) is 2.66. The molecule has 2 aromatic carbocycles. The molecule has 0 unspecified atom stereocenters. The molecule has 2 N–H and O–H groups in total. The van der Waals surface area contributed by atoms with E-state index in [9.17, 15) is 9.59 Å². The molecule has 0 bridgehead atoms. The van der Waals surface area contributed by atoms with Gasteiger partial charge in [-0.05, 0) is 51.1 Å². The first-order valence-electron chi connectivity index (χ1n) is 10.3. The van der Waals surface area contributed by atoms with E-state index in [4.69, 9.17) is 0 Å². The van der Waals surface area contributed by atoms with Crippen molar-refractivity contribution in [2.24, 2.45) is 0 Å². The highest BCUT2D eigenvalue weighted by molar-refractivity contribution is 6.10. The van der Waals surface area contributed by atoms with Crippen molar-refractivity contribution < 1.29 is 14.5 Å². The predicted molar refractivity (Wildman–Crippen MR) is 116 cm³/mol. The third kappa shape index (κ3) is 3.70. The molecule has 0 radical (unpaired) electrons. The summed E-state index contributed by atoms with van der Waals surface area (Å²) in [5.41, 5.74) is 4.69. The Morgan fingerprint density at radius 1 is 1.03 bits per heavy atom. The van der Waals surface area contributed by atoms with Gasteiger partial charge in [0.25, 0.3) is 0 Å². The minimum absolute atomic E-state index is 0.0739. The summed E-state index contributed by atoms with van der Waals surface area (Å²) in [6, 6.07) is 15.8. The van der Waals surface area contributed by atoms with Crippen molar-refractivity contribution in [1.29, 1.82) is 0 Å². The van der Waals surface area contributed by atoms with Crippen molar-refractivity contribution in [2.45, 2.75) is 26.8 Å². The van der Waals surface area contributed by atoms with Crippen molar-refractivity contribution in [3.63, 3.8) is 0 Å². The van der Waals surface area contributed by atoms with Crippen LogP contribution >= 0.6 is 0 Å². The number of hydrogen-bond donors (Lipinski definition) is 2. The third-order valence-electron chi connectivity index (χ3n) is 6.19. The topological polar surface area (TPSA) is 57.6 Å². The fourth-order valence-corrected chi connectivity index (χ4v) is 4.39. The van der Waals surface area contributed by atoms with Gasteiger partial charge in [0.15, 0.2) is 5.78 Å². The monoisotopic (exact) mass is 390 g/mol. The zero-order valence-electron chi connectivity index (χ0n) is 17.3. The summed E-state index contributed by atoms with van der Waals surface area (Å²) in [6.07, 6.45) is 0. The molecule has 0 aliphatic carbocycles. The van der Waals surface area contributed by atoms with Gasteiger partial charge in [-0.25, -0.2) is 0 Å². The molecule has 29 heavy (non-hydrogen) atoms. The first-order chi connectivity index (χ1) is 14.0. The van der Waals surface area contributed by atoms with Gasteiger partial charge in [-0.3, -0.25) is 9.59 Å². The highest BCUT2D eigenvalue weighted by Gasteiger charge is 2.32. The molecule has 4 rings (SSSR count). The number of rotatable bonds is 5. The van der Waals surface area contributed by atoms with Gasteiger partial charge < -0.3 is 14.8 Å². The van der Waals surface area contributed by atoms with E-state index in [1.165, 1.54) is 4.90 Å². The van der Waals surface area contributed by atoms with E-state index >= 15 is 0 Å². The Hall–Kier alpha value is -2.92. The standard InChI is InChI=1S/C24H27N3O2/c1-16-23(21-6-4-5-7-22(21)25-16)24(29)17(2)26-12-14-27(15-13-26)20-10-8-19(9-11-20)18(3)28/h4-11,17,25H,12-15H2,1-3H3/p+1/t17-/m0/s1. The number of aromatic nitrogens is 1. The van der Waals surface area contributed by atoms with Gasteiger partial charge in [-0.2, -0.15) is 0 Å². The Labute approximate surface area is 171 Å². The number of piperazine rings is 1. The number of quaternary nitrogens is 1. The maximum atomic E-state index is 13.3. The van der Waals surface area contributed by atoms with Crippen LogP contribution < -0.4 is 9.80 Å². The molecular weight excluding hydrogens is 362 g/mol. The Morgan fingerprint density at radius 3 is 2.34 bits per heavy atom. The summed E-state index contributed by atoms with van der Waals surface area (Å²) in [4.78, 5) is 31.8. The largest absolute Gasteiger partial charge is 0.360 e. The van der Waals surface area contributed by atoms with Gasteiger partial charge in [0.2, 0.25) is 5.78 Å². The number of para-hydroxylation sites is 1. The van der Waals surface area contributed by atoms with Crippen molar-refractivity contribution in [3.8, 4) is 0 Å². The average Bonchev–Trinajstić information content (AvgIpc) is 3.08. The molecule has 1 fully saturated rings. The number of fused-ring (bicyclic) bond motifs is 1. The number of aromatic amines is 1. The van der Waals surface area contributed by atoms with Crippen molar-refractivity contribution >= 4 is 28.2 Å². The second-order valence-corrected chi connectivity index (χ2v) is 8.00. The summed E-state index contributed by atoms with van der Waals surface area (Å²) >= 11 is 0. The number of aryl methyl sites for hydroxylation is 1. The Kier molecular flexibility index (Phi) is 5.24. The maximum Gasteiger partial charge on any atom is 0.222 e. The van der Waals surface area contributed by atoms with Gasteiger partial charge in [0, 0.05) is 27.8 Å². The van der Waals surface area contributed by atoms with E-state index in [0.29, 0.717) is 0 Å². The second-order valence-electron chi connectivity index (χ2n) is 8.00. The van der Waals surface area contributed by atoms with Crippen LogP contribution in [0.1, 0.15) is 40.3 Å². The Morgan fingerprint density at radius 2 is 1.69 bits per heavy atom. The lowest BCUT2D eigenvalue weighted by atomic mass is 10.0. The number of nitrogens with zero attached hydrogens (tertiary/aromatic N) is 1. The van der Waals surface area contributed by atoms with E-state index in [2.05, 4.69) is 16.8 Å². The smallest absolute Gasteiger partial charge is 0.222 e. The molecular formula is C24H28N3O2+. The van der Waals surface area contributed by atoms with Crippen LogP contribution in [0.25, 0.3) is 10.9 Å². The lowest BCUT2D eigenvalue weighted by molar-refractivity contribution is -0.914. The Balaban J connectivity index is 1.44. The second kappa shape index (κ2) is 7.84. The number of benzene rings is 2. The van der Waals surface area contributed by atoms with E-state index in [0.717, 1.165) is 59.6 Å². The molecule has 0 saturated carbocycles. The van der Waals surface area contributed by atoms with Crippen molar-refractivity contribution in [1.82, 2.24) is 4.98 Å². The number of nitrogens with one attached hydrogen (secondary N) is 2. The fraction of sp³-hybridized carbons (Fsp3) is 0.333. The number of ketones is 2. The Bertz CT molecular complexity index is 1040. The lowest BCUT2D eigenvalue weighted by Crippen LogP contribution is -3.18. The highest BCUT2D eigenvalue weighted by Crippen LogP contribution is 2.23. The van der Waals surface area contributed by atoms with Gasteiger partial charge in [0.05, 0.1) is 31.7 Å². The van der Waals surface area contributed by atoms with Gasteiger partial charge >= 0.3 is 0 Å². The average molecular weight is 391 g/mol. The molecule has 2 heterocycles. The van der Waals surface area contributed by atoms with Crippen LogP contribution in [-0.4, -0.2) is 48.8 Å². The van der Waals surface area contributed by atoms with Gasteiger partial charge in [0.1, 0.15) is 6.04 Å². The lowest BCUT2D eigenvalue weighted by Gasteiger charge is -2.36. The summed E-state index contributed by atoms with van der Waals surface area (Å²) in [5.74, 6) is 0.305. The van der Waals surface area contributed by atoms with E-state index < -0.39 is 0 Å². The SMILES string of the molecule is CC(=O)c1ccc(N2CC[NH+]([C@@H](C)C(=O)c3c(C)[nH]c4ccccc34)CC2)cc1. The molecule has 1 aromatic heterocycles. The number of carbonyl (C=O) groups is 2. The summed E-state index contributed by atoms with van der Waals surface area (Å²) < 4.78 is 0. The first kappa shape index (κ1) is 19.4. The molecule has 5 nitrogen and oxygen atoms in total. The molecule has 0 amide bonds. The van der Waals surface area contributed by atoms with Crippen LogP contribution in [0.3, 0.4) is 0 Å². The molecule has 0 spiro atoms. The normalized spacial score (nSPS) is 16.2. The van der Waals surface area contributed by atoms with Crippen molar-refractivity contribution in [2.75, 3.05) is 31.1 Å². The summed E-state index contributed by atoms with van der Waals surface area (Å²) in [5, 5.41) is 1.02. The van der Waals surface area contributed by atoms with Gasteiger partial charge in [-0.15, -0.1) is 0 Å². The third-order valence-corrected chi connectivity index (χ3v) is 6.19. The van der Waals surface area contributed by atoms with Crippen LogP contribution in [0.15, 0.2) is 48.5 Å². The number of H-pyrrole nitrogens is 1. The molecule has 1 saturated heterocycles. The van der Waals surface area contributed by atoms with Crippen LogP contribution in [0.2, 0.25) is 0 Å². The minimum Gasteiger partial charge on any atom is -0.360 e. The van der Waals surface area contributed by atoms with E-state index in [1.807, 2.05) is 55.5 Å². The maximum absolute atomic E-state index is 13.3. The first-order valence-corrected chi connectivity index (χ1v) is 10.3. The quantitative estimate of drug-likeness (QED) is 0.659. The number of carbonyl (C=O) groups excluding carboxylic acids is 2. The molecule has 1 atom stereocenters. The molecule has 5 heteroatoms. The fourth-order valence-electron chi connectivity index (χ4n) is 4.39. The molecule has 1 aliphatic rings. The summed E-state index contributed by atoms with van der Waals surface area (Å²) in [7, 11) is 0. The number of Topliss-reactive ketones (excluding diaryl/α,β-unsaturated/α-hetero) is 2. The van der Waals surface area contributed by atoms with Crippen LogP contribution in [0.4, 0.5) is 5.69 Å². The molecule has 3 aromatic rings. The van der Waals surface area contributed by atoms with E-state index in [-0.39, 0.29) is 17.6 Å². The van der Waals surface area contributed by atoms with Crippen LogP contribution in [-0.2, 0) is 0 Å². The summed E-state index contributed by atoms with van der Waals surface area (Å²) in [6.45, 7) is 9.27. The molecule has 150 valence electrons. The number of hydrogen-bond acceptors (Lipinski definition) is 3. The number of anilines is 1. The minimum atomic E-state index is -0.0739.